The number of benzene rings is 2. The van der Waals surface area contributed by atoms with Crippen LogP contribution in [0.15, 0.2) is 42.5 Å². The number of hydrogen-bond acceptors (Lipinski definition) is 2. The molecule has 5 heteroatoms. The molecular formula is C17H15ClN2O2. The van der Waals surface area contributed by atoms with Gasteiger partial charge in [-0.15, -0.1) is 0 Å². The Bertz CT molecular complexity index is 758. The van der Waals surface area contributed by atoms with Crippen molar-refractivity contribution >= 4 is 34.8 Å². The molecule has 0 spiro atoms. The molecule has 1 aliphatic rings. The van der Waals surface area contributed by atoms with Gasteiger partial charge in [0.1, 0.15) is 0 Å². The van der Waals surface area contributed by atoms with Crippen molar-refractivity contribution in [1.82, 2.24) is 0 Å². The molecule has 0 saturated heterocycles. The Morgan fingerprint density at radius 1 is 1.27 bits per heavy atom. The van der Waals surface area contributed by atoms with E-state index in [0.29, 0.717) is 16.4 Å². The van der Waals surface area contributed by atoms with Crippen LogP contribution in [0.25, 0.3) is 0 Å². The number of rotatable bonds is 2. The van der Waals surface area contributed by atoms with E-state index in [9.17, 15) is 9.59 Å². The lowest BCUT2D eigenvalue weighted by atomic mass is 9.90. The summed E-state index contributed by atoms with van der Waals surface area (Å²) in [7, 11) is 0. The topological polar surface area (TPSA) is 58.2 Å². The summed E-state index contributed by atoms with van der Waals surface area (Å²) in [5.41, 5.74) is 3.10. The normalized spacial score (nSPS) is 16.6. The van der Waals surface area contributed by atoms with Crippen LogP contribution in [0.2, 0.25) is 5.02 Å². The third-order valence-electron chi connectivity index (χ3n) is 3.76. The van der Waals surface area contributed by atoms with Gasteiger partial charge in [-0.05, 0) is 36.2 Å². The highest BCUT2D eigenvalue weighted by Crippen LogP contribution is 2.33. The summed E-state index contributed by atoms with van der Waals surface area (Å²) in [5, 5.41) is 6.22. The van der Waals surface area contributed by atoms with Gasteiger partial charge in [-0.1, -0.05) is 35.9 Å². The van der Waals surface area contributed by atoms with Crippen LogP contribution < -0.4 is 10.6 Å². The molecule has 1 aliphatic heterocycles. The number of fused-ring (bicyclic) bond motifs is 1. The standard InChI is InChI=1S/C17H15ClN2O2/c1-10-6-7-11(8-14(10)18)19-17(22)13-9-16(21)20-15-5-3-2-4-12(13)15/h2-8,13H,9H2,1H3,(H,19,22)(H,20,21)/t13-/m0/s1. The van der Waals surface area contributed by atoms with Gasteiger partial charge >= 0.3 is 0 Å². The molecule has 2 amide bonds. The van der Waals surface area contributed by atoms with Crippen LogP contribution in [0.4, 0.5) is 11.4 Å². The first kappa shape index (κ1) is 14.6. The molecule has 0 aliphatic carbocycles. The first-order valence-electron chi connectivity index (χ1n) is 7.00. The van der Waals surface area contributed by atoms with Crippen molar-refractivity contribution in [2.75, 3.05) is 10.6 Å². The van der Waals surface area contributed by atoms with Crippen molar-refractivity contribution in [1.29, 1.82) is 0 Å². The summed E-state index contributed by atoms with van der Waals surface area (Å²) in [6, 6.07) is 12.7. The molecule has 2 aromatic carbocycles. The SMILES string of the molecule is Cc1ccc(NC(=O)[C@H]2CC(=O)Nc3ccccc32)cc1Cl. The second-order valence-electron chi connectivity index (χ2n) is 5.35. The highest BCUT2D eigenvalue weighted by Gasteiger charge is 2.30. The third-order valence-corrected chi connectivity index (χ3v) is 4.16. The minimum Gasteiger partial charge on any atom is -0.326 e. The Morgan fingerprint density at radius 2 is 2.05 bits per heavy atom. The summed E-state index contributed by atoms with van der Waals surface area (Å²) >= 11 is 6.07. The van der Waals surface area contributed by atoms with Crippen LogP contribution in [0.5, 0.6) is 0 Å². The van der Waals surface area contributed by atoms with E-state index in [1.807, 2.05) is 31.2 Å². The van der Waals surface area contributed by atoms with Crippen LogP contribution in [-0.2, 0) is 9.59 Å². The van der Waals surface area contributed by atoms with Gasteiger partial charge in [0.25, 0.3) is 0 Å². The van der Waals surface area contributed by atoms with E-state index < -0.39 is 5.92 Å². The van der Waals surface area contributed by atoms with Gasteiger partial charge in [0.2, 0.25) is 11.8 Å². The average molecular weight is 315 g/mol. The smallest absolute Gasteiger partial charge is 0.232 e. The Labute approximate surface area is 133 Å². The number of para-hydroxylation sites is 1. The molecular weight excluding hydrogens is 300 g/mol. The van der Waals surface area contributed by atoms with Crippen molar-refractivity contribution in [3.8, 4) is 0 Å². The molecule has 0 aromatic heterocycles. The number of halogens is 1. The van der Waals surface area contributed by atoms with Crippen LogP contribution in [0.1, 0.15) is 23.5 Å². The molecule has 2 N–H and O–H groups in total. The van der Waals surface area contributed by atoms with Crippen molar-refractivity contribution in [3.05, 3.63) is 58.6 Å². The maximum atomic E-state index is 12.5. The van der Waals surface area contributed by atoms with Gasteiger partial charge in [0.15, 0.2) is 0 Å². The summed E-state index contributed by atoms with van der Waals surface area (Å²) in [6.45, 7) is 1.90. The number of hydrogen-bond donors (Lipinski definition) is 2. The van der Waals surface area contributed by atoms with Crippen molar-refractivity contribution in [2.45, 2.75) is 19.3 Å². The molecule has 1 heterocycles. The van der Waals surface area contributed by atoms with E-state index in [0.717, 1.165) is 11.1 Å². The number of amides is 2. The summed E-state index contributed by atoms with van der Waals surface area (Å²) in [5.74, 6) is -0.854. The summed E-state index contributed by atoms with van der Waals surface area (Å²) in [6.07, 6.45) is 0.141. The van der Waals surface area contributed by atoms with Gasteiger partial charge in [-0.3, -0.25) is 9.59 Å². The lowest BCUT2D eigenvalue weighted by Gasteiger charge is -2.24. The van der Waals surface area contributed by atoms with Crippen LogP contribution in [0, 0.1) is 6.92 Å². The number of nitrogens with one attached hydrogen (secondary N) is 2. The molecule has 0 bridgehead atoms. The average Bonchev–Trinajstić information content (AvgIpc) is 2.50. The summed E-state index contributed by atoms with van der Waals surface area (Å²) < 4.78 is 0. The van der Waals surface area contributed by atoms with Crippen molar-refractivity contribution < 1.29 is 9.59 Å². The predicted octanol–water partition coefficient (Wildman–Crippen LogP) is 3.71. The fraction of sp³-hybridized carbons (Fsp3) is 0.176. The Kier molecular flexibility index (Phi) is 3.86. The van der Waals surface area contributed by atoms with Gasteiger partial charge < -0.3 is 10.6 Å². The maximum absolute atomic E-state index is 12.5. The van der Waals surface area contributed by atoms with Crippen LogP contribution >= 0.6 is 11.6 Å². The summed E-state index contributed by atoms with van der Waals surface area (Å²) in [4.78, 5) is 24.3. The second kappa shape index (κ2) is 5.81. The van der Waals surface area contributed by atoms with Crippen molar-refractivity contribution in [3.63, 3.8) is 0 Å². The largest absolute Gasteiger partial charge is 0.326 e. The molecule has 0 fully saturated rings. The number of aryl methyl sites for hydroxylation is 1. The van der Waals surface area contributed by atoms with Gasteiger partial charge in [-0.2, -0.15) is 0 Å². The first-order chi connectivity index (χ1) is 10.5. The minimum atomic E-state index is -0.495. The van der Waals surface area contributed by atoms with Crippen LogP contribution in [0.3, 0.4) is 0 Å². The maximum Gasteiger partial charge on any atom is 0.232 e. The lowest BCUT2D eigenvalue weighted by Crippen LogP contribution is -2.30. The fourth-order valence-corrected chi connectivity index (χ4v) is 2.73. The minimum absolute atomic E-state index is 0.141. The van der Waals surface area contributed by atoms with Crippen LogP contribution in [-0.4, -0.2) is 11.8 Å². The second-order valence-corrected chi connectivity index (χ2v) is 5.75. The Hall–Kier alpha value is -2.33. The molecule has 4 nitrogen and oxygen atoms in total. The third kappa shape index (κ3) is 2.83. The van der Waals surface area contributed by atoms with Gasteiger partial charge in [0, 0.05) is 22.8 Å². The quantitative estimate of drug-likeness (QED) is 0.887. The monoisotopic (exact) mass is 314 g/mol. The predicted molar refractivity (Wildman–Crippen MR) is 87.2 cm³/mol. The first-order valence-corrected chi connectivity index (χ1v) is 7.38. The molecule has 1 atom stereocenters. The van der Waals surface area contributed by atoms with E-state index in [1.165, 1.54) is 0 Å². The molecule has 0 saturated carbocycles. The zero-order valence-electron chi connectivity index (χ0n) is 12.0. The molecule has 0 unspecified atom stereocenters. The number of anilines is 2. The molecule has 3 rings (SSSR count). The number of carbonyl (C=O) groups excluding carboxylic acids is 2. The zero-order chi connectivity index (χ0) is 15.7. The van der Waals surface area contributed by atoms with E-state index >= 15 is 0 Å². The van der Waals surface area contributed by atoms with Gasteiger partial charge in [0.05, 0.1) is 5.92 Å². The Morgan fingerprint density at radius 3 is 2.82 bits per heavy atom. The van der Waals surface area contributed by atoms with E-state index in [-0.39, 0.29) is 18.2 Å². The molecule has 22 heavy (non-hydrogen) atoms. The number of carbonyl (C=O) groups is 2. The molecule has 0 radical (unpaired) electrons. The van der Waals surface area contributed by atoms with E-state index in [1.54, 1.807) is 18.2 Å². The lowest BCUT2D eigenvalue weighted by molar-refractivity contribution is -0.123. The molecule has 2 aromatic rings. The van der Waals surface area contributed by atoms with E-state index in [4.69, 9.17) is 11.6 Å². The molecule has 112 valence electrons. The van der Waals surface area contributed by atoms with Crippen molar-refractivity contribution in [2.24, 2.45) is 0 Å². The highest BCUT2D eigenvalue weighted by molar-refractivity contribution is 6.31. The highest BCUT2D eigenvalue weighted by atomic mass is 35.5. The Balaban J connectivity index is 1.86. The zero-order valence-corrected chi connectivity index (χ0v) is 12.8. The van der Waals surface area contributed by atoms with E-state index in [2.05, 4.69) is 10.6 Å². The fourth-order valence-electron chi connectivity index (χ4n) is 2.55. The van der Waals surface area contributed by atoms with Gasteiger partial charge in [-0.25, -0.2) is 0 Å².